The van der Waals surface area contributed by atoms with E-state index in [1.165, 1.54) is 0 Å². The Bertz CT molecular complexity index is 254. The number of nitrogens with zero attached hydrogens (tertiary/aromatic N) is 2. The summed E-state index contributed by atoms with van der Waals surface area (Å²) in [5.41, 5.74) is 10.8. The van der Waals surface area contributed by atoms with Gasteiger partial charge >= 0.3 is 6.01 Å². The molecule has 0 aliphatic rings. The first kappa shape index (κ1) is 9.73. The second kappa shape index (κ2) is 5.31. The predicted octanol–water partition coefficient (Wildman–Crippen LogP) is 0.176. The number of rotatable bonds is 5. The van der Waals surface area contributed by atoms with E-state index in [1.807, 2.05) is 0 Å². The zero-order chi connectivity index (χ0) is 9.52. The van der Waals surface area contributed by atoms with E-state index >= 15 is 0 Å². The first-order valence-corrected chi connectivity index (χ1v) is 4.24. The standard InChI is InChI=1S/C8H14N4O/c9-4-1-2-6-13-8-11-5-3-7(10)12-8/h3,5H,1-2,4,6,9H2,(H2,10,11,12). The molecule has 1 rings (SSSR count). The van der Waals surface area contributed by atoms with Crippen LogP contribution < -0.4 is 16.2 Å². The van der Waals surface area contributed by atoms with Crippen molar-refractivity contribution in [2.45, 2.75) is 12.8 Å². The highest BCUT2D eigenvalue weighted by Gasteiger charge is 1.96. The van der Waals surface area contributed by atoms with Crippen molar-refractivity contribution in [3.05, 3.63) is 12.3 Å². The Hall–Kier alpha value is -1.36. The highest BCUT2D eigenvalue weighted by molar-refractivity contribution is 5.26. The van der Waals surface area contributed by atoms with Crippen LogP contribution in [0.5, 0.6) is 6.01 Å². The van der Waals surface area contributed by atoms with Gasteiger partial charge in [-0.25, -0.2) is 4.98 Å². The van der Waals surface area contributed by atoms with Gasteiger partial charge in [0.1, 0.15) is 5.82 Å². The first-order chi connectivity index (χ1) is 6.33. The van der Waals surface area contributed by atoms with Crippen LogP contribution in [-0.4, -0.2) is 23.1 Å². The summed E-state index contributed by atoms with van der Waals surface area (Å²) in [5.74, 6) is 0.420. The van der Waals surface area contributed by atoms with Crippen molar-refractivity contribution in [2.24, 2.45) is 5.73 Å². The monoisotopic (exact) mass is 182 g/mol. The maximum Gasteiger partial charge on any atom is 0.318 e. The summed E-state index contributed by atoms with van der Waals surface area (Å²) in [7, 11) is 0. The Labute approximate surface area is 77.1 Å². The molecule has 0 aromatic carbocycles. The number of unbranched alkanes of at least 4 members (excludes halogenated alkanes) is 1. The average molecular weight is 182 g/mol. The van der Waals surface area contributed by atoms with Crippen LogP contribution in [-0.2, 0) is 0 Å². The molecule has 0 aliphatic heterocycles. The highest BCUT2D eigenvalue weighted by atomic mass is 16.5. The molecule has 0 saturated heterocycles. The minimum atomic E-state index is 0.331. The van der Waals surface area contributed by atoms with E-state index in [1.54, 1.807) is 12.3 Å². The number of hydrogen-bond donors (Lipinski definition) is 2. The van der Waals surface area contributed by atoms with Gasteiger partial charge in [-0.3, -0.25) is 0 Å². The van der Waals surface area contributed by atoms with Crippen LogP contribution in [0, 0.1) is 0 Å². The molecule has 5 heteroatoms. The first-order valence-electron chi connectivity index (χ1n) is 4.24. The predicted molar refractivity (Wildman–Crippen MR) is 50.2 cm³/mol. The van der Waals surface area contributed by atoms with E-state index in [-0.39, 0.29) is 0 Å². The summed E-state index contributed by atoms with van der Waals surface area (Å²) in [6.07, 6.45) is 3.43. The molecule has 0 spiro atoms. The third-order valence-electron chi connectivity index (χ3n) is 1.48. The second-order valence-electron chi connectivity index (χ2n) is 2.61. The van der Waals surface area contributed by atoms with E-state index < -0.39 is 0 Å². The van der Waals surface area contributed by atoms with Crippen molar-refractivity contribution < 1.29 is 4.74 Å². The lowest BCUT2D eigenvalue weighted by Gasteiger charge is -2.02. The van der Waals surface area contributed by atoms with Crippen LogP contribution in [0.3, 0.4) is 0 Å². The summed E-state index contributed by atoms with van der Waals surface area (Å²) >= 11 is 0. The van der Waals surface area contributed by atoms with Crippen LogP contribution in [0.4, 0.5) is 5.82 Å². The van der Waals surface area contributed by atoms with Crippen LogP contribution in [0.15, 0.2) is 12.3 Å². The SMILES string of the molecule is NCCCCOc1nccc(N)n1. The summed E-state index contributed by atoms with van der Waals surface area (Å²) < 4.78 is 5.23. The fourth-order valence-corrected chi connectivity index (χ4v) is 0.833. The van der Waals surface area contributed by atoms with E-state index in [2.05, 4.69) is 9.97 Å². The zero-order valence-electron chi connectivity index (χ0n) is 7.44. The van der Waals surface area contributed by atoms with Gasteiger partial charge in [0.15, 0.2) is 0 Å². The molecule has 4 N–H and O–H groups in total. The van der Waals surface area contributed by atoms with Crippen LogP contribution in [0.25, 0.3) is 0 Å². The van der Waals surface area contributed by atoms with Gasteiger partial charge in [0, 0.05) is 6.20 Å². The molecule has 1 aromatic rings. The molecule has 1 aromatic heterocycles. The molecular weight excluding hydrogens is 168 g/mol. The van der Waals surface area contributed by atoms with E-state index in [9.17, 15) is 0 Å². The number of ether oxygens (including phenoxy) is 1. The van der Waals surface area contributed by atoms with Crippen molar-refractivity contribution in [3.8, 4) is 6.01 Å². The van der Waals surface area contributed by atoms with Crippen molar-refractivity contribution >= 4 is 5.82 Å². The molecule has 72 valence electrons. The number of anilines is 1. The van der Waals surface area contributed by atoms with Crippen molar-refractivity contribution in [3.63, 3.8) is 0 Å². The Morgan fingerprint density at radius 3 is 2.92 bits per heavy atom. The minimum Gasteiger partial charge on any atom is -0.463 e. The van der Waals surface area contributed by atoms with Crippen LogP contribution in [0.1, 0.15) is 12.8 Å². The third-order valence-corrected chi connectivity index (χ3v) is 1.48. The largest absolute Gasteiger partial charge is 0.463 e. The Morgan fingerprint density at radius 2 is 2.23 bits per heavy atom. The van der Waals surface area contributed by atoms with Gasteiger partial charge in [0.05, 0.1) is 6.61 Å². The summed E-state index contributed by atoms with van der Waals surface area (Å²) in [6, 6.07) is 1.95. The molecule has 1 heterocycles. The summed E-state index contributed by atoms with van der Waals surface area (Å²) in [5, 5.41) is 0. The van der Waals surface area contributed by atoms with E-state index in [4.69, 9.17) is 16.2 Å². The van der Waals surface area contributed by atoms with E-state index in [0.29, 0.717) is 25.0 Å². The van der Waals surface area contributed by atoms with Crippen molar-refractivity contribution in [2.75, 3.05) is 18.9 Å². The maximum atomic E-state index is 5.44. The van der Waals surface area contributed by atoms with Crippen LogP contribution >= 0.6 is 0 Å². The van der Waals surface area contributed by atoms with Gasteiger partial charge in [-0.05, 0) is 25.5 Å². The van der Waals surface area contributed by atoms with Gasteiger partial charge < -0.3 is 16.2 Å². The molecule has 0 aliphatic carbocycles. The topological polar surface area (TPSA) is 87.0 Å². The molecule has 0 saturated carbocycles. The van der Waals surface area contributed by atoms with Gasteiger partial charge in [-0.2, -0.15) is 4.98 Å². The van der Waals surface area contributed by atoms with Gasteiger partial charge in [-0.1, -0.05) is 0 Å². The molecule has 5 nitrogen and oxygen atoms in total. The number of nitrogens with two attached hydrogens (primary N) is 2. The molecule has 0 amide bonds. The molecule has 0 bridgehead atoms. The van der Waals surface area contributed by atoms with Gasteiger partial charge in [0.25, 0.3) is 0 Å². The fourth-order valence-electron chi connectivity index (χ4n) is 0.833. The Kier molecular flexibility index (Phi) is 3.98. The fraction of sp³-hybridized carbons (Fsp3) is 0.500. The molecule has 0 fully saturated rings. The molecule has 0 unspecified atom stereocenters. The highest BCUT2D eigenvalue weighted by Crippen LogP contribution is 2.04. The van der Waals surface area contributed by atoms with Crippen molar-refractivity contribution in [1.29, 1.82) is 0 Å². The van der Waals surface area contributed by atoms with Crippen molar-refractivity contribution in [1.82, 2.24) is 9.97 Å². The summed E-state index contributed by atoms with van der Waals surface area (Å²) in [4.78, 5) is 7.78. The summed E-state index contributed by atoms with van der Waals surface area (Å²) in [6.45, 7) is 1.27. The lowest BCUT2D eigenvalue weighted by atomic mass is 10.3. The second-order valence-corrected chi connectivity index (χ2v) is 2.61. The third kappa shape index (κ3) is 3.71. The Morgan fingerprint density at radius 1 is 1.38 bits per heavy atom. The Balaban J connectivity index is 2.28. The number of aromatic nitrogens is 2. The molecular formula is C8H14N4O. The lowest BCUT2D eigenvalue weighted by molar-refractivity contribution is 0.284. The quantitative estimate of drug-likeness (QED) is 0.634. The van der Waals surface area contributed by atoms with Crippen LogP contribution in [0.2, 0.25) is 0 Å². The minimum absolute atomic E-state index is 0.331. The molecule has 0 atom stereocenters. The molecule has 13 heavy (non-hydrogen) atoms. The molecule has 0 radical (unpaired) electrons. The van der Waals surface area contributed by atoms with E-state index in [0.717, 1.165) is 12.8 Å². The normalized spacial score (nSPS) is 9.92. The number of hydrogen-bond acceptors (Lipinski definition) is 5. The number of nitrogen functional groups attached to an aromatic ring is 1. The maximum absolute atomic E-state index is 5.44. The average Bonchev–Trinajstić information content (AvgIpc) is 2.13. The lowest BCUT2D eigenvalue weighted by Crippen LogP contribution is -2.05. The smallest absolute Gasteiger partial charge is 0.318 e. The van der Waals surface area contributed by atoms with Gasteiger partial charge in [0.2, 0.25) is 0 Å². The zero-order valence-corrected chi connectivity index (χ0v) is 7.44. The van der Waals surface area contributed by atoms with Gasteiger partial charge in [-0.15, -0.1) is 0 Å².